The van der Waals surface area contributed by atoms with Gasteiger partial charge < -0.3 is 5.73 Å². The normalized spacial score (nSPS) is 27.0. The first kappa shape index (κ1) is 22.3. The highest BCUT2D eigenvalue weighted by Crippen LogP contribution is 2.45. The van der Waals surface area contributed by atoms with Crippen LogP contribution in [0.1, 0.15) is 54.4 Å². The highest BCUT2D eigenvalue weighted by Gasteiger charge is 2.34. The van der Waals surface area contributed by atoms with Gasteiger partial charge in [-0.1, -0.05) is 89.8 Å². The van der Waals surface area contributed by atoms with Crippen LogP contribution in [0.5, 0.6) is 0 Å². The molecule has 1 heteroatoms. The predicted octanol–water partition coefficient (Wildman–Crippen LogP) is 6.97. The summed E-state index contributed by atoms with van der Waals surface area (Å²) in [7, 11) is 0. The quantitative estimate of drug-likeness (QED) is 0.351. The van der Waals surface area contributed by atoms with E-state index in [1.54, 1.807) is 6.20 Å². The minimum Gasteiger partial charge on any atom is -0.405 e. The van der Waals surface area contributed by atoms with E-state index in [9.17, 15) is 0 Å². The lowest BCUT2D eigenvalue weighted by molar-refractivity contribution is 0.354. The number of rotatable bonds is 9. The van der Waals surface area contributed by atoms with E-state index in [4.69, 9.17) is 5.73 Å². The first-order valence-corrected chi connectivity index (χ1v) is 10.1. The van der Waals surface area contributed by atoms with Crippen LogP contribution in [0.15, 0.2) is 72.5 Å². The molecule has 0 fully saturated rings. The van der Waals surface area contributed by atoms with E-state index in [1.807, 2.05) is 6.08 Å². The van der Waals surface area contributed by atoms with E-state index in [0.717, 1.165) is 12.8 Å². The first-order valence-electron chi connectivity index (χ1n) is 10.1. The molecule has 144 valence electrons. The van der Waals surface area contributed by atoms with E-state index >= 15 is 0 Å². The third-order valence-electron chi connectivity index (χ3n) is 5.92. The summed E-state index contributed by atoms with van der Waals surface area (Å²) in [5, 5.41) is 0. The Morgan fingerprint density at radius 2 is 2.00 bits per heavy atom. The molecule has 0 aromatic carbocycles. The van der Waals surface area contributed by atoms with Crippen LogP contribution in [0.3, 0.4) is 0 Å². The molecule has 0 aromatic rings. The molecule has 0 aromatic heterocycles. The molecule has 0 saturated heterocycles. The van der Waals surface area contributed by atoms with Crippen molar-refractivity contribution in [3.8, 4) is 0 Å². The van der Waals surface area contributed by atoms with Crippen LogP contribution in [0.2, 0.25) is 0 Å². The Morgan fingerprint density at radius 1 is 1.31 bits per heavy atom. The Kier molecular flexibility index (Phi) is 8.92. The van der Waals surface area contributed by atoms with Gasteiger partial charge in [0.05, 0.1) is 0 Å². The van der Waals surface area contributed by atoms with Crippen molar-refractivity contribution in [3.63, 3.8) is 0 Å². The van der Waals surface area contributed by atoms with Gasteiger partial charge in [0.2, 0.25) is 0 Å². The summed E-state index contributed by atoms with van der Waals surface area (Å²) in [5.41, 5.74) is 8.58. The first-order chi connectivity index (χ1) is 12.3. The molecular formula is C25H39N. The molecule has 1 aliphatic rings. The molecule has 1 nitrogen and oxygen atoms in total. The second-order valence-corrected chi connectivity index (χ2v) is 7.97. The summed E-state index contributed by atoms with van der Waals surface area (Å²) in [6, 6.07) is 0. The number of nitrogens with two attached hydrogens (primary N) is 1. The molecule has 1 rings (SSSR count). The fraction of sp³-hybridized carbons (Fsp3) is 0.520. The van der Waals surface area contributed by atoms with Gasteiger partial charge in [-0.2, -0.15) is 0 Å². The fourth-order valence-corrected chi connectivity index (χ4v) is 4.12. The lowest BCUT2D eigenvalue weighted by Gasteiger charge is -2.36. The summed E-state index contributed by atoms with van der Waals surface area (Å²) in [4.78, 5) is 0. The smallest absolute Gasteiger partial charge is 0.0126 e. The van der Waals surface area contributed by atoms with Gasteiger partial charge in [-0.15, -0.1) is 0 Å². The van der Waals surface area contributed by atoms with Crippen molar-refractivity contribution < 1.29 is 0 Å². The fourth-order valence-electron chi connectivity index (χ4n) is 4.12. The number of allylic oxidation sites excluding steroid dienone is 10. The van der Waals surface area contributed by atoms with Crippen LogP contribution in [-0.4, -0.2) is 0 Å². The largest absolute Gasteiger partial charge is 0.405 e. The molecule has 2 N–H and O–H groups in total. The summed E-state index contributed by atoms with van der Waals surface area (Å²) >= 11 is 0. The second-order valence-electron chi connectivity index (χ2n) is 7.97. The molecule has 26 heavy (non-hydrogen) atoms. The third kappa shape index (κ3) is 5.13. The lowest BCUT2D eigenvalue weighted by atomic mass is 9.68. The van der Waals surface area contributed by atoms with Gasteiger partial charge in [0.25, 0.3) is 0 Å². The van der Waals surface area contributed by atoms with Crippen molar-refractivity contribution >= 4 is 0 Å². The van der Waals surface area contributed by atoms with Crippen LogP contribution in [0.25, 0.3) is 0 Å². The summed E-state index contributed by atoms with van der Waals surface area (Å²) in [5.74, 6) is 2.01. The highest BCUT2D eigenvalue weighted by molar-refractivity contribution is 5.42. The van der Waals surface area contributed by atoms with Crippen LogP contribution in [0, 0.1) is 29.1 Å². The molecule has 4 atom stereocenters. The Bertz CT molecular complexity index is 600. The maximum Gasteiger partial charge on any atom is 0.0126 e. The molecule has 0 amide bonds. The topological polar surface area (TPSA) is 26.0 Å². The van der Waals surface area contributed by atoms with Crippen molar-refractivity contribution in [3.05, 3.63) is 72.5 Å². The monoisotopic (exact) mass is 353 g/mol. The summed E-state index contributed by atoms with van der Waals surface area (Å²) in [6.07, 6.45) is 21.7. The zero-order valence-corrected chi connectivity index (χ0v) is 17.7. The maximum atomic E-state index is 5.72. The Morgan fingerprint density at radius 3 is 2.50 bits per heavy atom. The third-order valence-corrected chi connectivity index (χ3v) is 5.92. The Labute approximate surface area is 162 Å². The van der Waals surface area contributed by atoms with Gasteiger partial charge >= 0.3 is 0 Å². The molecule has 0 radical (unpaired) electrons. The average molecular weight is 354 g/mol. The molecule has 0 aliphatic heterocycles. The second kappa shape index (κ2) is 10.4. The Balaban J connectivity index is 3.32. The standard InChI is InChI=1S/C25H39N/c1-8-11-22(18-21-14-13-20(6)23(21)15-17-26)24(12-9-2)25(7,16-10-3)19(4)5/h8,10-17,19-21,23H,1,9,18,26H2,2-7H3/b16-10+,17-15-,22-11-,24-12+. The van der Waals surface area contributed by atoms with Gasteiger partial charge in [0, 0.05) is 5.41 Å². The summed E-state index contributed by atoms with van der Waals surface area (Å²) in [6.45, 7) is 17.6. The van der Waals surface area contributed by atoms with Crippen molar-refractivity contribution in [2.45, 2.75) is 54.4 Å². The molecule has 0 spiro atoms. The Hall–Kier alpha value is -1.76. The average Bonchev–Trinajstić information content (AvgIpc) is 2.93. The van der Waals surface area contributed by atoms with Crippen molar-refractivity contribution in [2.24, 2.45) is 34.8 Å². The van der Waals surface area contributed by atoms with Gasteiger partial charge in [0.1, 0.15) is 0 Å². The van der Waals surface area contributed by atoms with Crippen molar-refractivity contribution in [1.82, 2.24) is 0 Å². The van der Waals surface area contributed by atoms with Gasteiger partial charge in [-0.05, 0) is 60.8 Å². The molecular weight excluding hydrogens is 314 g/mol. The van der Waals surface area contributed by atoms with Gasteiger partial charge in [-0.25, -0.2) is 0 Å². The SMILES string of the molecule is C=C/C=C(CC1C=CC(C)C1/C=C\N)\C(=C/CC)C(C)(/C=C/C)C(C)C. The van der Waals surface area contributed by atoms with Crippen LogP contribution < -0.4 is 5.73 Å². The van der Waals surface area contributed by atoms with Crippen LogP contribution in [-0.2, 0) is 0 Å². The minimum atomic E-state index is 0.0206. The van der Waals surface area contributed by atoms with Crippen molar-refractivity contribution in [1.29, 1.82) is 0 Å². The van der Waals surface area contributed by atoms with E-state index in [2.05, 4.69) is 90.7 Å². The summed E-state index contributed by atoms with van der Waals surface area (Å²) < 4.78 is 0. The lowest BCUT2D eigenvalue weighted by Crippen LogP contribution is -2.26. The predicted molar refractivity (Wildman–Crippen MR) is 118 cm³/mol. The molecule has 0 saturated carbocycles. The number of hydrogen-bond donors (Lipinski definition) is 1. The molecule has 1 aliphatic carbocycles. The van der Waals surface area contributed by atoms with Gasteiger partial charge in [-0.3, -0.25) is 0 Å². The molecule has 0 bridgehead atoms. The van der Waals surface area contributed by atoms with Crippen molar-refractivity contribution in [2.75, 3.05) is 0 Å². The number of hydrogen-bond acceptors (Lipinski definition) is 1. The molecule has 4 unspecified atom stereocenters. The maximum absolute atomic E-state index is 5.72. The zero-order chi connectivity index (χ0) is 19.7. The van der Waals surface area contributed by atoms with Crippen LogP contribution in [0.4, 0.5) is 0 Å². The molecule has 0 heterocycles. The van der Waals surface area contributed by atoms with E-state index in [1.165, 1.54) is 11.1 Å². The van der Waals surface area contributed by atoms with E-state index in [-0.39, 0.29) is 5.41 Å². The zero-order valence-electron chi connectivity index (χ0n) is 17.7. The minimum absolute atomic E-state index is 0.0206. The highest BCUT2D eigenvalue weighted by atomic mass is 14.5. The van der Waals surface area contributed by atoms with E-state index < -0.39 is 0 Å². The van der Waals surface area contributed by atoms with Gasteiger partial charge in [0.15, 0.2) is 0 Å². The van der Waals surface area contributed by atoms with Crippen LogP contribution >= 0.6 is 0 Å². The van der Waals surface area contributed by atoms with E-state index in [0.29, 0.717) is 23.7 Å².